The highest BCUT2D eigenvalue weighted by Crippen LogP contribution is 2.47. The summed E-state index contributed by atoms with van der Waals surface area (Å²) in [6, 6.07) is 14.5. The van der Waals surface area contributed by atoms with E-state index < -0.39 is 17.7 Å². The monoisotopic (exact) mass is 594 g/mol. The number of aromatic hydroxyl groups is 1. The molecule has 1 saturated heterocycles. The number of anilines is 1. The van der Waals surface area contributed by atoms with Crippen LogP contribution in [0.25, 0.3) is 16.0 Å². The number of phenols is 1. The summed E-state index contributed by atoms with van der Waals surface area (Å²) in [5.74, 6) is -1.29. The van der Waals surface area contributed by atoms with Gasteiger partial charge in [-0.05, 0) is 65.7 Å². The van der Waals surface area contributed by atoms with Crippen molar-refractivity contribution >= 4 is 60.1 Å². The zero-order chi connectivity index (χ0) is 27.1. The largest absolute Gasteiger partial charge is 0.507 e. The van der Waals surface area contributed by atoms with Crippen LogP contribution in [0, 0.1) is 6.92 Å². The number of aliphatic hydroxyl groups is 1. The Hall–Kier alpha value is -3.89. The maximum absolute atomic E-state index is 13.5. The molecule has 3 aromatic carbocycles. The second-order valence-electron chi connectivity index (χ2n) is 8.65. The first kappa shape index (κ1) is 25.7. The number of aliphatic hydroxyl groups excluding tert-OH is 1. The molecule has 0 spiro atoms. The number of carbonyl (C=O) groups is 2. The lowest BCUT2D eigenvalue weighted by Gasteiger charge is -2.24. The second-order valence-corrected chi connectivity index (χ2v) is 10.5. The number of amides is 1. The Morgan fingerprint density at radius 2 is 1.87 bits per heavy atom. The van der Waals surface area contributed by atoms with Crippen LogP contribution in [-0.2, 0) is 9.59 Å². The Labute approximate surface area is 230 Å². The fourth-order valence-electron chi connectivity index (χ4n) is 4.37. The number of thiazole rings is 1. The number of halogens is 1. The first-order chi connectivity index (χ1) is 18.2. The molecular weight excluding hydrogens is 572 g/mol. The molecule has 1 atom stereocenters. The van der Waals surface area contributed by atoms with Crippen LogP contribution >= 0.6 is 27.3 Å². The van der Waals surface area contributed by atoms with E-state index >= 15 is 0 Å². The van der Waals surface area contributed by atoms with Gasteiger partial charge in [0.2, 0.25) is 0 Å². The van der Waals surface area contributed by atoms with Crippen molar-refractivity contribution in [1.82, 2.24) is 4.98 Å². The predicted octanol–water partition coefficient (Wildman–Crippen LogP) is 6.11. The van der Waals surface area contributed by atoms with Gasteiger partial charge in [0.25, 0.3) is 5.78 Å². The number of rotatable bonds is 6. The van der Waals surface area contributed by atoms with Crippen LogP contribution < -0.4 is 14.4 Å². The molecule has 0 radical (unpaired) electrons. The van der Waals surface area contributed by atoms with E-state index in [-0.39, 0.29) is 28.0 Å². The van der Waals surface area contributed by atoms with Crippen molar-refractivity contribution in [3.63, 3.8) is 0 Å². The van der Waals surface area contributed by atoms with Gasteiger partial charge in [-0.25, -0.2) is 4.98 Å². The van der Waals surface area contributed by atoms with E-state index in [0.29, 0.717) is 33.5 Å². The van der Waals surface area contributed by atoms with Crippen molar-refractivity contribution in [2.45, 2.75) is 19.9 Å². The number of ketones is 1. The average Bonchev–Trinajstić information content (AvgIpc) is 3.43. The highest BCUT2D eigenvalue weighted by molar-refractivity contribution is 9.10. The summed E-state index contributed by atoms with van der Waals surface area (Å²) in [5, 5.41) is 22.0. The fraction of sp³-hybridized carbons (Fsp3) is 0.179. The van der Waals surface area contributed by atoms with E-state index in [2.05, 4.69) is 20.9 Å². The number of hydrogen-bond acceptors (Lipinski definition) is 8. The van der Waals surface area contributed by atoms with E-state index in [4.69, 9.17) is 9.47 Å². The van der Waals surface area contributed by atoms with Crippen LogP contribution in [0.3, 0.4) is 0 Å². The summed E-state index contributed by atoms with van der Waals surface area (Å²) < 4.78 is 12.0. The Kier molecular flexibility index (Phi) is 6.85. The number of aryl methyl sites for hydroxylation is 1. The van der Waals surface area contributed by atoms with Gasteiger partial charge in [0, 0.05) is 5.56 Å². The average molecular weight is 595 g/mol. The first-order valence-corrected chi connectivity index (χ1v) is 13.3. The molecule has 1 aliphatic heterocycles. The summed E-state index contributed by atoms with van der Waals surface area (Å²) >= 11 is 4.56. The number of fused-ring (bicyclic) bond motifs is 1. The lowest BCUT2D eigenvalue weighted by atomic mass is 9.95. The number of phenolic OH excluding ortho intramolecular Hbond substituents is 1. The number of benzene rings is 3. The van der Waals surface area contributed by atoms with Crippen molar-refractivity contribution in [1.29, 1.82) is 0 Å². The molecule has 2 heterocycles. The second kappa shape index (κ2) is 10.1. The minimum Gasteiger partial charge on any atom is -0.507 e. The molecule has 1 unspecified atom stereocenters. The zero-order valence-corrected chi connectivity index (χ0v) is 23.1. The van der Waals surface area contributed by atoms with Gasteiger partial charge >= 0.3 is 5.91 Å². The Morgan fingerprint density at radius 3 is 2.55 bits per heavy atom. The molecule has 5 rings (SSSR count). The summed E-state index contributed by atoms with van der Waals surface area (Å²) in [7, 11) is 1.40. The van der Waals surface area contributed by atoms with Crippen LogP contribution in [0.4, 0.5) is 5.13 Å². The Balaban J connectivity index is 1.74. The molecule has 38 heavy (non-hydrogen) atoms. The maximum atomic E-state index is 13.5. The smallest absolute Gasteiger partial charge is 0.301 e. The van der Waals surface area contributed by atoms with Gasteiger partial charge < -0.3 is 19.7 Å². The standard InChI is InChI=1S/C28H23BrN2O6S/c1-4-37-17-9-10-19-21(13-17)38-28(30-19)31-23(16-11-18(29)25(33)20(12-16)36-3)22(26(34)27(31)35)24(32)15-7-5-14(2)6-8-15/h5-13,23,32-33H,4H2,1-3H3. The Morgan fingerprint density at radius 1 is 1.13 bits per heavy atom. The zero-order valence-electron chi connectivity index (χ0n) is 20.7. The van der Waals surface area contributed by atoms with E-state index in [1.165, 1.54) is 29.4 Å². The molecule has 0 saturated carbocycles. The number of aromatic nitrogens is 1. The van der Waals surface area contributed by atoms with E-state index in [1.807, 2.05) is 32.0 Å². The number of Topliss-reactive ketones (excluding diaryl/α,β-unsaturated/α-hetero) is 1. The molecule has 1 aliphatic rings. The van der Waals surface area contributed by atoms with Gasteiger partial charge in [0.15, 0.2) is 16.6 Å². The molecule has 2 N–H and O–H groups in total. The summed E-state index contributed by atoms with van der Waals surface area (Å²) in [6.45, 7) is 4.30. The maximum Gasteiger partial charge on any atom is 0.301 e. The molecule has 10 heteroatoms. The number of nitrogens with zero attached hydrogens (tertiary/aromatic N) is 2. The molecule has 8 nitrogen and oxygen atoms in total. The van der Waals surface area contributed by atoms with Crippen LogP contribution in [0.5, 0.6) is 17.2 Å². The number of methoxy groups -OCH3 is 1. The van der Waals surface area contributed by atoms with Crippen LogP contribution in [-0.4, -0.2) is 40.6 Å². The van der Waals surface area contributed by atoms with Crippen LogP contribution in [0.2, 0.25) is 0 Å². The third kappa shape index (κ3) is 4.39. The highest BCUT2D eigenvalue weighted by atomic mass is 79.9. The Bertz CT molecular complexity index is 1610. The molecule has 1 amide bonds. The molecule has 0 aliphatic carbocycles. The minimum absolute atomic E-state index is 0.0900. The van der Waals surface area contributed by atoms with E-state index in [1.54, 1.807) is 30.3 Å². The van der Waals surface area contributed by atoms with Crippen molar-refractivity contribution < 1.29 is 29.3 Å². The van der Waals surface area contributed by atoms with Gasteiger partial charge in [-0.3, -0.25) is 14.5 Å². The number of ether oxygens (including phenoxy) is 2. The van der Waals surface area contributed by atoms with E-state index in [0.717, 1.165) is 10.3 Å². The topological polar surface area (TPSA) is 109 Å². The van der Waals surface area contributed by atoms with Crippen LogP contribution in [0.15, 0.2) is 64.6 Å². The molecule has 1 fully saturated rings. The normalized spacial score (nSPS) is 16.8. The van der Waals surface area contributed by atoms with Gasteiger partial charge in [0.05, 0.1) is 40.0 Å². The molecule has 0 bridgehead atoms. The lowest BCUT2D eigenvalue weighted by molar-refractivity contribution is -0.132. The minimum atomic E-state index is -1.03. The third-order valence-corrected chi connectivity index (χ3v) is 7.84. The quantitative estimate of drug-likeness (QED) is 0.157. The molecule has 1 aromatic heterocycles. The summed E-state index contributed by atoms with van der Waals surface area (Å²) in [5.41, 5.74) is 2.36. The molecular formula is C28H23BrN2O6S. The molecule has 194 valence electrons. The van der Waals surface area contributed by atoms with Crippen molar-refractivity contribution in [2.75, 3.05) is 18.6 Å². The predicted molar refractivity (Wildman–Crippen MR) is 149 cm³/mol. The van der Waals surface area contributed by atoms with Crippen molar-refractivity contribution in [2.24, 2.45) is 0 Å². The van der Waals surface area contributed by atoms with Gasteiger partial charge in [-0.1, -0.05) is 41.2 Å². The van der Waals surface area contributed by atoms with E-state index in [9.17, 15) is 19.8 Å². The first-order valence-electron chi connectivity index (χ1n) is 11.7. The third-order valence-electron chi connectivity index (χ3n) is 6.22. The van der Waals surface area contributed by atoms with Crippen molar-refractivity contribution in [3.8, 4) is 17.2 Å². The summed E-state index contributed by atoms with van der Waals surface area (Å²) in [6.07, 6.45) is 0. The van der Waals surface area contributed by atoms with Gasteiger partial charge in [-0.2, -0.15) is 0 Å². The SMILES string of the molecule is CCOc1ccc2nc(N3C(=O)C(=O)C(=C(O)c4ccc(C)cc4)C3c3cc(Br)c(O)c(OC)c3)sc2c1. The van der Waals surface area contributed by atoms with Crippen LogP contribution in [0.1, 0.15) is 29.7 Å². The number of carbonyl (C=O) groups excluding carboxylic acids is 2. The number of hydrogen-bond donors (Lipinski definition) is 2. The van der Waals surface area contributed by atoms with Crippen molar-refractivity contribution in [3.05, 3.63) is 81.3 Å². The lowest BCUT2D eigenvalue weighted by Crippen LogP contribution is -2.29. The highest BCUT2D eigenvalue weighted by Gasteiger charge is 2.48. The summed E-state index contributed by atoms with van der Waals surface area (Å²) in [4.78, 5) is 32.9. The fourth-order valence-corrected chi connectivity index (χ4v) is 5.85. The molecule has 4 aromatic rings. The van der Waals surface area contributed by atoms with Gasteiger partial charge in [0.1, 0.15) is 11.5 Å². The van der Waals surface area contributed by atoms with Gasteiger partial charge in [-0.15, -0.1) is 0 Å².